The van der Waals surface area contributed by atoms with Gasteiger partial charge >= 0.3 is 0 Å². The number of benzene rings is 1. The van der Waals surface area contributed by atoms with E-state index in [2.05, 4.69) is 29.4 Å². The Morgan fingerprint density at radius 3 is 2.37 bits per heavy atom. The molecule has 102 valence electrons. The summed E-state index contributed by atoms with van der Waals surface area (Å²) in [4.78, 5) is 1.60. The Kier molecular flexibility index (Phi) is 4.16. The van der Waals surface area contributed by atoms with Gasteiger partial charge in [-0.3, -0.25) is 0 Å². The molecule has 2 aromatic rings. The fourth-order valence-electron chi connectivity index (χ4n) is 1.67. The molecule has 5 nitrogen and oxygen atoms in total. The van der Waals surface area contributed by atoms with Crippen molar-refractivity contribution in [3.05, 3.63) is 36.7 Å². The molecule has 0 saturated heterocycles. The second-order valence-electron chi connectivity index (χ2n) is 5.01. The van der Waals surface area contributed by atoms with Crippen LogP contribution in [0.1, 0.15) is 20.3 Å². The van der Waals surface area contributed by atoms with Crippen LogP contribution in [0.3, 0.4) is 0 Å². The highest BCUT2D eigenvalue weighted by Gasteiger charge is 2.15. The van der Waals surface area contributed by atoms with Crippen LogP contribution in [0.4, 0.5) is 5.69 Å². The van der Waals surface area contributed by atoms with Crippen LogP contribution >= 0.6 is 0 Å². The van der Waals surface area contributed by atoms with E-state index in [1.54, 1.807) is 24.3 Å². The Labute approximate surface area is 113 Å². The molecule has 1 N–H and O–H groups in total. The van der Waals surface area contributed by atoms with Crippen molar-refractivity contribution >= 4 is 5.69 Å². The van der Waals surface area contributed by atoms with Gasteiger partial charge in [0.1, 0.15) is 0 Å². The second-order valence-corrected chi connectivity index (χ2v) is 5.01. The lowest BCUT2D eigenvalue weighted by Crippen LogP contribution is -2.25. The molecule has 5 heteroatoms. The third-order valence-electron chi connectivity index (χ3n) is 3.13. The molecule has 19 heavy (non-hydrogen) atoms. The molecule has 1 aromatic heterocycles. The summed E-state index contributed by atoms with van der Waals surface area (Å²) in [5.41, 5.74) is 1.95. The average molecular weight is 260 g/mol. The summed E-state index contributed by atoms with van der Waals surface area (Å²) in [6.07, 6.45) is 4.28. The molecule has 0 fully saturated rings. The minimum absolute atomic E-state index is 0.0913. The number of aromatic nitrogens is 3. The molecule has 0 spiro atoms. The monoisotopic (exact) mass is 260 g/mol. The average Bonchev–Trinajstić information content (AvgIpc) is 2.93. The first-order chi connectivity index (χ1) is 9.11. The van der Waals surface area contributed by atoms with Gasteiger partial charge in [-0.15, -0.1) is 0 Å². The highest BCUT2D eigenvalue weighted by molar-refractivity contribution is 5.48. The highest BCUT2D eigenvalue weighted by Crippen LogP contribution is 2.15. The van der Waals surface area contributed by atoms with Crippen molar-refractivity contribution in [2.24, 2.45) is 0 Å². The maximum Gasteiger partial charge on any atom is 0.0858 e. The van der Waals surface area contributed by atoms with Crippen LogP contribution in [0.2, 0.25) is 0 Å². The van der Waals surface area contributed by atoms with Crippen molar-refractivity contribution in [1.82, 2.24) is 15.0 Å². The van der Waals surface area contributed by atoms with Crippen LogP contribution in [0.5, 0.6) is 0 Å². The van der Waals surface area contributed by atoms with Gasteiger partial charge in [0.15, 0.2) is 0 Å². The zero-order valence-electron chi connectivity index (χ0n) is 11.6. The first-order valence-electron chi connectivity index (χ1n) is 6.36. The van der Waals surface area contributed by atoms with Crippen molar-refractivity contribution in [1.29, 1.82) is 0 Å². The summed E-state index contributed by atoms with van der Waals surface area (Å²) in [5, 5.41) is 11.6. The molecule has 0 unspecified atom stereocenters. The van der Waals surface area contributed by atoms with Crippen molar-refractivity contribution in [2.45, 2.75) is 25.9 Å². The van der Waals surface area contributed by atoms with E-state index in [-0.39, 0.29) is 5.60 Å². The zero-order chi connectivity index (χ0) is 13.7. The molecule has 0 aliphatic heterocycles. The number of methoxy groups -OCH3 is 1. The van der Waals surface area contributed by atoms with E-state index in [0.717, 1.165) is 24.3 Å². The van der Waals surface area contributed by atoms with Crippen LogP contribution in [0.25, 0.3) is 5.69 Å². The van der Waals surface area contributed by atoms with E-state index >= 15 is 0 Å². The molecule has 1 heterocycles. The van der Waals surface area contributed by atoms with E-state index in [1.807, 2.05) is 24.3 Å². The van der Waals surface area contributed by atoms with Gasteiger partial charge in [0.2, 0.25) is 0 Å². The van der Waals surface area contributed by atoms with Crippen molar-refractivity contribution in [2.75, 3.05) is 19.0 Å². The van der Waals surface area contributed by atoms with Crippen LogP contribution in [-0.2, 0) is 4.74 Å². The number of rotatable bonds is 6. The molecule has 0 bridgehead atoms. The van der Waals surface area contributed by atoms with Crippen molar-refractivity contribution < 1.29 is 4.74 Å². The Hall–Kier alpha value is -1.88. The molecule has 0 aliphatic carbocycles. The van der Waals surface area contributed by atoms with Crippen molar-refractivity contribution in [3.63, 3.8) is 0 Å². The molecule has 2 rings (SSSR count). The highest BCUT2D eigenvalue weighted by atomic mass is 16.5. The molecular formula is C14H20N4O. The van der Waals surface area contributed by atoms with E-state index in [1.165, 1.54) is 0 Å². The van der Waals surface area contributed by atoms with Crippen molar-refractivity contribution in [3.8, 4) is 5.69 Å². The number of nitrogens with zero attached hydrogens (tertiary/aromatic N) is 3. The van der Waals surface area contributed by atoms with Crippen LogP contribution in [-0.4, -0.2) is 34.2 Å². The summed E-state index contributed by atoms with van der Waals surface area (Å²) in [5.74, 6) is 0. The lowest BCUT2D eigenvalue weighted by Gasteiger charge is -2.23. The van der Waals surface area contributed by atoms with Gasteiger partial charge in [0.05, 0.1) is 23.7 Å². The van der Waals surface area contributed by atoms with Gasteiger partial charge in [-0.05, 0) is 44.5 Å². The Bertz CT molecular complexity index is 491. The topological polar surface area (TPSA) is 52.0 Å². The molecule has 1 aromatic carbocycles. The normalized spacial score (nSPS) is 11.5. The number of hydrogen-bond acceptors (Lipinski definition) is 4. The third-order valence-corrected chi connectivity index (χ3v) is 3.13. The van der Waals surface area contributed by atoms with Gasteiger partial charge in [-0.25, -0.2) is 0 Å². The van der Waals surface area contributed by atoms with Gasteiger partial charge in [-0.1, -0.05) is 0 Å². The molecule has 0 radical (unpaired) electrons. The van der Waals surface area contributed by atoms with E-state index in [4.69, 9.17) is 4.74 Å². The molecule has 0 saturated carbocycles. The predicted octanol–water partition coefficient (Wildman–Crippen LogP) is 2.49. The quantitative estimate of drug-likeness (QED) is 0.867. The molecule has 0 aliphatic rings. The maximum atomic E-state index is 5.38. The van der Waals surface area contributed by atoms with E-state index in [9.17, 15) is 0 Å². The Morgan fingerprint density at radius 1 is 1.16 bits per heavy atom. The third kappa shape index (κ3) is 3.79. The maximum absolute atomic E-state index is 5.38. The van der Waals surface area contributed by atoms with Crippen LogP contribution < -0.4 is 5.32 Å². The van der Waals surface area contributed by atoms with Gasteiger partial charge in [0.25, 0.3) is 0 Å². The lowest BCUT2D eigenvalue weighted by atomic mass is 10.1. The Morgan fingerprint density at radius 2 is 1.79 bits per heavy atom. The smallest absolute Gasteiger partial charge is 0.0858 e. The number of anilines is 1. The van der Waals surface area contributed by atoms with E-state index in [0.29, 0.717) is 0 Å². The van der Waals surface area contributed by atoms with Gasteiger partial charge in [0, 0.05) is 19.3 Å². The molecule has 0 amide bonds. The summed E-state index contributed by atoms with van der Waals surface area (Å²) in [6, 6.07) is 8.03. The SMILES string of the molecule is COC(C)(C)CCNc1ccc(-n2nccn2)cc1. The summed E-state index contributed by atoms with van der Waals surface area (Å²) in [6.45, 7) is 5.04. The molecule has 0 atom stereocenters. The first-order valence-corrected chi connectivity index (χ1v) is 6.36. The lowest BCUT2D eigenvalue weighted by molar-refractivity contribution is 0.0185. The van der Waals surface area contributed by atoms with Crippen LogP contribution in [0, 0.1) is 0 Å². The fraction of sp³-hybridized carbons (Fsp3) is 0.429. The van der Waals surface area contributed by atoms with E-state index < -0.39 is 0 Å². The minimum Gasteiger partial charge on any atom is -0.385 e. The van der Waals surface area contributed by atoms with Crippen LogP contribution in [0.15, 0.2) is 36.7 Å². The summed E-state index contributed by atoms with van der Waals surface area (Å²) in [7, 11) is 1.74. The number of nitrogens with one attached hydrogen (secondary N) is 1. The minimum atomic E-state index is -0.0913. The summed E-state index contributed by atoms with van der Waals surface area (Å²) >= 11 is 0. The van der Waals surface area contributed by atoms with Gasteiger partial charge in [-0.2, -0.15) is 15.0 Å². The predicted molar refractivity (Wildman–Crippen MR) is 75.6 cm³/mol. The molecular weight excluding hydrogens is 240 g/mol. The zero-order valence-corrected chi connectivity index (χ0v) is 11.6. The number of hydrogen-bond donors (Lipinski definition) is 1. The fourth-order valence-corrected chi connectivity index (χ4v) is 1.67. The summed E-state index contributed by atoms with van der Waals surface area (Å²) < 4.78 is 5.38. The standard InChI is InChI=1S/C14H20N4O/c1-14(2,19-3)8-9-15-12-4-6-13(7-5-12)18-16-10-11-17-18/h4-7,10-11,15H,8-9H2,1-3H3. The number of ether oxygens (including phenoxy) is 1. The van der Waals surface area contributed by atoms with Gasteiger partial charge < -0.3 is 10.1 Å². The Balaban J connectivity index is 1.89. The largest absolute Gasteiger partial charge is 0.385 e. The first kappa shape index (κ1) is 13.5. The second kappa shape index (κ2) is 5.84.